The summed E-state index contributed by atoms with van der Waals surface area (Å²) < 4.78 is 19.7. The van der Waals surface area contributed by atoms with Crippen molar-refractivity contribution in [2.24, 2.45) is 12.0 Å². The van der Waals surface area contributed by atoms with Crippen molar-refractivity contribution in [3.63, 3.8) is 0 Å². The molecule has 6 heteroatoms. The first-order valence-corrected chi connectivity index (χ1v) is 15.4. The predicted octanol–water partition coefficient (Wildman–Crippen LogP) is 7.04. The lowest BCUT2D eigenvalue weighted by molar-refractivity contribution is 0.269. The number of benzene rings is 2. The Morgan fingerprint density at radius 3 is 2.46 bits per heavy atom. The van der Waals surface area contributed by atoms with Gasteiger partial charge in [-0.15, -0.1) is 0 Å². The molecule has 1 aliphatic rings. The summed E-state index contributed by atoms with van der Waals surface area (Å²) in [6.07, 6.45) is 3.23. The third-order valence-corrected chi connectivity index (χ3v) is 12.3. The van der Waals surface area contributed by atoms with Gasteiger partial charge in [-0.25, -0.2) is 0 Å². The molecule has 1 aliphatic carbocycles. The van der Waals surface area contributed by atoms with E-state index in [1.54, 1.807) is 14.2 Å². The second-order valence-corrected chi connectivity index (χ2v) is 15.9. The Balaban J connectivity index is 1.62. The zero-order valence-corrected chi connectivity index (χ0v) is 23.6. The van der Waals surface area contributed by atoms with Gasteiger partial charge in [0.05, 0.1) is 27.4 Å². The lowest BCUT2D eigenvalue weighted by Gasteiger charge is -2.36. The van der Waals surface area contributed by atoms with E-state index in [1.165, 1.54) is 33.4 Å². The Bertz CT molecular complexity index is 1250. The van der Waals surface area contributed by atoms with Crippen LogP contribution in [0.15, 0.2) is 41.4 Å². The lowest BCUT2D eigenvalue weighted by atomic mass is 9.89. The van der Waals surface area contributed by atoms with Crippen molar-refractivity contribution in [3.05, 3.63) is 58.8 Å². The molecule has 35 heavy (non-hydrogen) atoms. The number of ether oxygens (including phenoxy) is 2. The smallest absolute Gasteiger partial charge is 0.192 e. The fourth-order valence-corrected chi connectivity index (χ4v) is 5.42. The number of rotatable bonds is 7. The Morgan fingerprint density at radius 1 is 1.00 bits per heavy atom. The number of aryl methyl sites for hydroxylation is 2. The van der Waals surface area contributed by atoms with Crippen LogP contribution in [-0.2, 0) is 31.0 Å². The average Bonchev–Trinajstić information content (AvgIpc) is 3.13. The van der Waals surface area contributed by atoms with Crippen molar-refractivity contribution >= 4 is 24.9 Å². The molecule has 0 amide bonds. The van der Waals surface area contributed by atoms with Crippen molar-refractivity contribution in [1.29, 1.82) is 0 Å². The SMILES string of the molecule is COc1ccc(CN=C2CCCc3cc4c(cc32)cc(CO[Si](C)(C)C(C)(C)C)n4C)c(OC)c1. The van der Waals surface area contributed by atoms with Gasteiger partial charge in [-0.3, -0.25) is 4.99 Å². The van der Waals surface area contributed by atoms with E-state index >= 15 is 0 Å². The van der Waals surface area contributed by atoms with Gasteiger partial charge >= 0.3 is 0 Å². The minimum absolute atomic E-state index is 0.203. The van der Waals surface area contributed by atoms with E-state index in [9.17, 15) is 0 Å². The molecule has 0 saturated carbocycles. The van der Waals surface area contributed by atoms with E-state index in [2.05, 4.69) is 63.7 Å². The van der Waals surface area contributed by atoms with Crippen molar-refractivity contribution in [3.8, 4) is 11.5 Å². The second kappa shape index (κ2) is 9.82. The maximum Gasteiger partial charge on any atom is 0.192 e. The molecule has 188 valence electrons. The van der Waals surface area contributed by atoms with Crippen molar-refractivity contribution in [1.82, 2.24) is 4.57 Å². The first-order chi connectivity index (χ1) is 16.5. The van der Waals surface area contributed by atoms with Crippen LogP contribution in [0.4, 0.5) is 0 Å². The molecule has 0 atom stereocenters. The number of hydrogen-bond donors (Lipinski definition) is 0. The minimum atomic E-state index is -1.80. The van der Waals surface area contributed by atoms with Crippen LogP contribution in [0.5, 0.6) is 11.5 Å². The normalized spacial score (nSPS) is 15.5. The zero-order chi connectivity index (χ0) is 25.4. The number of hydrogen-bond acceptors (Lipinski definition) is 4. The topological polar surface area (TPSA) is 45.0 Å². The second-order valence-electron chi connectivity index (χ2n) is 11.1. The van der Waals surface area contributed by atoms with Crippen LogP contribution in [0.1, 0.15) is 56.0 Å². The molecule has 0 bridgehead atoms. The van der Waals surface area contributed by atoms with Gasteiger partial charge in [0.1, 0.15) is 11.5 Å². The van der Waals surface area contributed by atoms with Gasteiger partial charge in [-0.2, -0.15) is 0 Å². The Kier molecular flexibility index (Phi) is 7.16. The van der Waals surface area contributed by atoms with Crippen molar-refractivity contribution in [2.75, 3.05) is 14.2 Å². The van der Waals surface area contributed by atoms with Crippen LogP contribution >= 0.6 is 0 Å². The molecule has 5 nitrogen and oxygen atoms in total. The first-order valence-electron chi connectivity index (χ1n) is 12.5. The Morgan fingerprint density at radius 2 is 1.77 bits per heavy atom. The summed E-state index contributed by atoms with van der Waals surface area (Å²) >= 11 is 0. The Hall–Kier alpha value is -2.57. The van der Waals surface area contributed by atoms with Gasteiger partial charge in [-0.05, 0) is 78.9 Å². The molecule has 4 rings (SSSR count). The first kappa shape index (κ1) is 25.5. The highest BCUT2D eigenvalue weighted by molar-refractivity contribution is 6.74. The molecule has 0 saturated heterocycles. The summed E-state index contributed by atoms with van der Waals surface area (Å²) in [7, 11) is 3.72. The summed E-state index contributed by atoms with van der Waals surface area (Å²) in [5.41, 5.74) is 7.44. The summed E-state index contributed by atoms with van der Waals surface area (Å²) in [6, 6.07) is 12.9. The molecule has 1 aromatic heterocycles. The number of fused-ring (bicyclic) bond motifs is 2. The molecule has 3 aromatic rings. The van der Waals surface area contributed by atoms with Gasteiger partial charge in [0.2, 0.25) is 0 Å². The van der Waals surface area contributed by atoms with E-state index in [4.69, 9.17) is 18.9 Å². The van der Waals surface area contributed by atoms with E-state index in [0.717, 1.165) is 36.3 Å². The third kappa shape index (κ3) is 5.19. The van der Waals surface area contributed by atoms with Gasteiger partial charge in [-0.1, -0.05) is 20.8 Å². The molecule has 0 spiro atoms. The highest BCUT2D eigenvalue weighted by atomic mass is 28.4. The maximum absolute atomic E-state index is 6.54. The van der Waals surface area contributed by atoms with Gasteiger partial charge in [0, 0.05) is 41.0 Å². The fourth-order valence-electron chi connectivity index (χ4n) is 4.48. The fraction of sp³-hybridized carbons (Fsp3) is 0.483. The van der Waals surface area contributed by atoms with Crippen molar-refractivity contribution in [2.45, 2.75) is 71.3 Å². The molecule has 1 heterocycles. The monoisotopic (exact) mass is 492 g/mol. The standard InChI is InChI=1S/C29H40N2O3Si/c1-29(2,3)35(7,8)34-19-23-14-22-15-25-20(16-27(22)31(23)4)10-9-11-26(25)30-18-21-12-13-24(32-5)17-28(21)33-6/h12-17H,9-11,18-19H2,1-8H3. The average molecular weight is 493 g/mol. The predicted molar refractivity (Wildman–Crippen MR) is 148 cm³/mol. The quantitative estimate of drug-likeness (QED) is 0.332. The van der Waals surface area contributed by atoms with Crippen LogP contribution in [-0.4, -0.2) is 32.8 Å². The zero-order valence-electron chi connectivity index (χ0n) is 22.6. The molecular weight excluding hydrogens is 452 g/mol. The van der Waals surface area contributed by atoms with E-state index in [0.29, 0.717) is 13.2 Å². The number of aromatic nitrogens is 1. The van der Waals surface area contributed by atoms with Crippen LogP contribution in [0.25, 0.3) is 10.9 Å². The highest BCUT2D eigenvalue weighted by Gasteiger charge is 2.37. The lowest BCUT2D eigenvalue weighted by Crippen LogP contribution is -2.40. The number of aliphatic imine (C=N–C) groups is 1. The van der Waals surface area contributed by atoms with E-state index in [-0.39, 0.29) is 5.04 Å². The van der Waals surface area contributed by atoms with Crippen LogP contribution in [0.3, 0.4) is 0 Å². The summed E-state index contributed by atoms with van der Waals surface area (Å²) in [5.74, 6) is 1.61. The Labute approximate surface area is 211 Å². The summed E-state index contributed by atoms with van der Waals surface area (Å²) in [5, 5.41) is 1.46. The number of methoxy groups -OCH3 is 2. The maximum atomic E-state index is 6.54. The molecule has 0 radical (unpaired) electrons. The third-order valence-electron chi connectivity index (χ3n) is 7.86. The molecule has 2 aromatic carbocycles. The van der Waals surface area contributed by atoms with Crippen LogP contribution in [0.2, 0.25) is 18.1 Å². The molecule has 0 unspecified atom stereocenters. The largest absolute Gasteiger partial charge is 0.497 e. The minimum Gasteiger partial charge on any atom is -0.497 e. The molecule has 0 N–H and O–H groups in total. The summed E-state index contributed by atoms with van der Waals surface area (Å²) in [4.78, 5) is 5.06. The summed E-state index contributed by atoms with van der Waals surface area (Å²) in [6.45, 7) is 12.8. The molecule has 0 fully saturated rings. The molecule has 0 aliphatic heterocycles. The van der Waals surface area contributed by atoms with Crippen LogP contribution in [0, 0.1) is 0 Å². The van der Waals surface area contributed by atoms with Gasteiger partial charge < -0.3 is 18.5 Å². The van der Waals surface area contributed by atoms with Crippen molar-refractivity contribution < 1.29 is 13.9 Å². The van der Waals surface area contributed by atoms with Gasteiger partial charge in [0.25, 0.3) is 0 Å². The van der Waals surface area contributed by atoms with Gasteiger partial charge in [0.15, 0.2) is 8.32 Å². The van der Waals surface area contributed by atoms with E-state index < -0.39 is 8.32 Å². The number of nitrogens with zero attached hydrogens (tertiary/aromatic N) is 2. The highest BCUT2D eigenvalue weighted by Crippen LogP contribution is 2.37. The van der Waals surface area contributed by atoms with E-state index in [1.807, 2.05) is 18.2 Å². The molecular formula is C29H40N2O3Si. The van der Waals surface area contributed by atoms with Crippen LogP contribution < -0.4 is 9.47 Å².